The summed E-state index contributed by atoms with van der Waals surface area (Å²) < 4.78 is 0. The maximum Gasteiger partial charge on any atom is 0.139 e. The van der Waals surface area contributed by atoms with Crippen LogP contribution >= 0.6 is 0 Å². The first-order valence-electron chi connectivity index (χ1n) is 9.26. The van der Waals surface area contributed by atoms with E-state index in [-0.39, 0.29) is 12.2 Å². The summed E-state index contributed by atoms with van der Waals surface area (Å²) in [7, 11) is 0. The largest absolute Gasteiger partial charge is 0.303 e. The maximum absolute atomic E-state index is 11.1. The highest BCUT2D eigenvalue weighted by Crippen LogP contribution is 2.13. The summed E-state index contributed by atoms with van der Waals surface area (Å²) in [6, 6.07) is 0. The number of hydrogen-bond acceptors (Lipinski definition) is 2. The third kappa shape index (κ3) is 17.3. The molecule has 0 fully saturated rings. The lowest BCUT2D eigenvalue weighted by atomic mass is 10.0. The average molecular weight is 296 g/mol. The van der Waals surface area contributed by atoms with Crippen LogP contribution in [0.3, 0.4) is 0 Å². The van der Waals surface area contributed by atoms with E-state index in [0.717, 1.165) is 12.8 Å². The van der Waals surface area contributed by atoms with Crippen molar-refractivity contribution in [3.05, 3.63) is 0 Å². The Kier molecular flexibility index (Phi) is 16.8. The fraction of sp³-hybridized carbons (Fsp3) is 0.895. The number of ketones is 1. The van der Waals surface area contributed by atoms with Crippen LogP contribution < -0.4 is 0 Å². The van der Waals surface area contributed by atoms with Crippen molar-refractivity contribution in [2.75, 3.05) is 0 Å². The van der Waals surface area contributed by atoms with Crippen molar-refractivity contribution in [1.29, 1.82) is 0 Å². The van der Waals surface area contributed by atoms with Crippen molar-refractivity contribution in [2.45, 2.75) is 110 Å². The molecule has 0 aliphatic heterocycles. The third-order valence-corrected chi connectivity index (χ3v) is 4.12. The topological polar surface area (TPSA) is 34.1 Å². The molecule has 0 aromatic carbocycles. The standard InChI is InChI=1S/C19H36O2/c1-2-3-4-5-6-7-8-9-10-11-12-13-14-15-16-19(21)17-18-20/h18H,2-17H2,1H3. The van der Waals surface area contributed by atoms with Crippen molar-refractivity contribution in [3.8, 4) is 0 Å². The molecule has 124 valence electrons. The number of unbranched alkanes of at least 4 members (excludes halogenated alkanes) is 13. The molecule has 0 aromatic rings. The van der Waals surface area contributed by atoms with Gasteiger partial charge in [-0.05, 0) is 6.42 Å². The number of rotatable bonds is 17. The zero-order valence-electron chi connectivity index (χ0n) is 14.2. The highest BCUT2D eigenvalue weighted by molar-refractivity contribution is 5.89. The van der Waals surface area contributed by atoms with E-state index < -0.39 is 0 Å². The number of carbonyl (C=O) groups excluding carboxylic acids is 2. The molecular weight excluding hydrogens is 260 g/mol. The summed E-state index contributed by atoms with van der Waals surface area (Å²) in [5.41, 5.74) is 0. The molecule has 0 spiro atoms. The first-order valence-corrected chi connectivity index (χ1v) is 9.26. The molecule has 0 aliphatic carbocycles. The van der Waals surface area contributed by atoms with Crippen LogP contribution in [0, 0.1) is 0 Å². The fourth-order valence-electron chi connectivity index (χ4n) is 2.71. The SMILES string of the molecule is CCCCCCCCCCCCCCCCC(=O)CC=O. The molecule has 0 rings (SSSR count). The van der Waals surface area contributed by atoms with Gasteiger partial charge in [0.05, 0.1) is 6.42 Å². The Labute approximate surface area is 132 Å². The predicted octanol–water partition coefficient (Wildman–Crippen LogP) is 6.02. The molecular formula is C19H36O2. The molecule has 2 heteroatoms. The van der Waals surface area contributed by atoms with E-state index in [1.54, 1.807) is 0 Å². The van der Waals surface area contributed by atoms with E-state index in [9.17, 15) is 9.59 Å². The Morgan fingerprint density at radius 2 is 1.05 bits per heavy atom. The van der Waals surface area contributed by atoms with Crippen LogP contribution in [0.5, 0.6) is 0 Å². The van der Waals surface area contributed by atoms with Gasteiger partial charge in [0.25, 0.3) is 0 Å². The van der Waals surface area contributed by atoms with Gasteiger partial charge >= 0.3 is 0 Å². The quantitative estimate of drug-likeness (QED) is 0.187. The molecule has 0 amide bonds. The number of aldehydes is 1. The van der Waals surface area contributed by atoms with Crippen LogP contribution in [0.2, 0.25) is 0 Å². The van der Waals surface area contributed by atoms with E-state index >= 15 is 0 Å². The minimum Gasteiger partial charge on any atom is -0.303 e. The van der Waals surface area contributed by atoms with Crippen LogP contribution in [-0.4, -0.2) is 12.1 Å². The molecule has 0 bridgehead atoms. The zero-order valence-corrected chi connectivity index (χ0v) is 14.2. The highest BCUT2D eigenvalue weighted by atomic mass is 16.1. The summed E-state index contributed by atoms with van der Waals surface area (Å²) in [5, 5.41) is 0. The molecule has 0 unspecified atom stereocenters. The minimum absolute atomic E-state index is 0.101. The van der Waals surface area contributed by atoms with Gasteiger partial charge in [0.15, 0.2) is 0 Å². The smallest absolute Gasteiger partial charge is 0.139 e. The molecule has 0 saturated carbocycles. The van der Waals surface area contributed by atoms with Gasteiger partial charge in [0.1, 0.15) is 12.1 Å². The van der Waals surface area contributed by atoms with E-state index in [1.165, 1.54) is 77.0 Å². The second kappa shape index (κ2) is 17.4. The number of hydrogen-bond donors (Lipinski definition) is 0. The second-order valence-electron chi connectivity index (χ2n) is 6.26. The van der Waals surface area contributed by atoms with Crippen molar-refractivity contribution < 1.29 is 9.59 Å². The monoisotopic (exact) mass is 296 g/mol. The Morgan fingerprint density at radius 1 is 0.667 bits per heavy atom. The molecule has 0 aliphatic rings. The molecule has 0 N–H and O–H groups in total. The second-order valence-corrected chi connectivity index (χ2v) is 6.26. The molecule has 0 radical (unpaired) electrons. The van der Waals surface area contributed by atoms with Crippen LogP contribution in [0.15, 0.2) is 0 Å². The van der Waals surface area contributed by atoms with E-state index in [4.69, 9.17) is 0 Å². The van der Waals surface area contributed by atoms with Gasteiger partial charge in [-0.2, -0.15) is 0 Å². The lowest BCUT2D eigenvalue weighted by molar-refractivity contribution is -0.122. The molecule has 21 heavy (non-hydrogen) atoms. The van der Waals surface area contributed by atoms with Gasteiger partial charge in [-0.1, -0.05) is 90.4 Å². The lowest BCUT2D eigenvalue weighted by Gasteiger charge is -2.03. The van der Waals surface area contributed by atoms with Crippen LogP contribution in [0.4, 0.5) is 0 Å². The summed E-state index contributed by atoms with van der Waals surface area (Å²) in [5.74, 6) is 0.101. The normalized spacial score (nSPS) is 10.7. The maximum atomic E-state index is 11.1. The predicted molar refractivity (Wildman–Crippen MR) is 90.6 cm³/mol. The number of carbonyl (C=O) groups is 2. The highest BCUT2D eigenvalue weighted by Gasteiger charge is 2.00. The molecule has 0 heterocycles. The van der Waals surface area contributed by atoms with E-state index in [0.29, 0.717) is 12.7 Å². The van der Waals surface area contributed by atoms with Crippen molar-refractivity contribution in [2.24, 2.45) is 0 Å². The summed E-state index contributed by atoms with van der Waals surface area (Å²) >= 11 is 0. The van der Waals surface area contributed by atoms with Crippen LogP contribution in [0.25, 0.3) is 0 Å². The molecule has 0 aromatic heterocycles. The van der Waals surface area contributed by atoms with E-state index in [1.807, 2.05) is 0 Å². The van der Waals surface area contributed by atoms with Gasteiger partial charge in [-0.25, -0.2) is 0 Å². The Balaban J connectivity index is 3.02. The molecule has 2 nitrogen and oxygen atoms in total. The fourth-order valence-corrected chi connectivity index (χ4v) is 2.71. The number of Topliss-reactive ketones (excluding diaryl/α,β-unsaturated/α-hetero) is 1. The van der Waals surface area contributed by atoms with Crippen molar-refractivity contribution in [3.63, 3.8) is 0 Å². The minimum atomic E-state index is 0.101. The first-order chi connectivity index (χ1) is 10.3. The molecule has 0 atom stereocenters. The van der Waals surface area contributed by atoms with Gasteiger partial charge in [-0.3, -0.25) is 4.79 Å². The summed E-state index contributed by atoms with van der Waals surface area (Å²) in [4.78, 5) is 21.3. The van der Waals surface area contributed by atoms with Gasteiger partial charge < -0.3 is 4.79 Å². The Morgan fingerprint density at radius 3 is 1.43 bits per heavy atom. The summed E-state index contributed by atoms with van der Waals surface area (Å²) in [6.07, 6.45) is 20.0. The van der Waals surface area contributed by atoms with Gasteiger partial charge in [0, 0.05) is 6.42 Å². The van der Waals surface area contributed by atoms with Crippen molar-refractivity contribution in [1.82, 2.24) is 0 Å². The lowest BCUT2D eigenvalue weighted by Crippen LogP contribution is -1.97. The average Bonchev–Trinajstić information content (AvgIpc) is 2.48. The van der Waals surface area contributed by atoms with Crippen LogP contribution in [-0.2, 0) is 9.59 Å². The van der Waals surface area contributed by atoms with Gasteiger partial charge in [-0.15, -0.1) is 0 Å². The van der Waals surface area contributed by atoms with Crippen LogP contribution in [0.1, 0.15) is 110 Å². The Hall–Kier alpha value is -0.660. The Bertz CT molecular complexity index is 236. The molecule has 0 saturated heterocycles. The summed E-state index contributed by atoms with van der Waals surface area (Å²) in [6.45, 7) is 2.27. The third-order valence-electron chi connectivity index (χ3n) is 4.12. The van der Waals surface area contributed by atoms with Crippen molar-refractivity contribution >= 4 is 12.1 Å². The van der Waals surface area contributed by atoms with E-state index in [2.05, 4.69) is 6.92 Å². The first kappa shape index (κ1) is 20.3. The zero-order chi connectivity index (χ0) is 15.6. The van der Waals surface area contributed by atoms with Gasteiger partial charge in [0.2, 0.25) is 0 Å².